The lowest BCUT2D eigenvalue weighted by Gasteiger charge is -2.32. The van der Waals surface area contributed by atoms with Crippen LogP contribution in [-0.4, -0.2) is 78.4 Å². The molecule has 36 heavy (non-hydrogen) atoms. The largest absolute Gasteiger partial charge is 0.462 e. The van der Waals surface area contributed by atoms with Crippen LogP contribution in [0.15, 0.2) is 61.8 Å². The third-order valence-corrected chi connectivity index (χ3v) is 5.22. The molecule has 1 amide bonds. The molecule has 1 saturated heterocycles. The highest BCUT2D eigenvalue weighted by molar-refractivity contribution is 5.98. The lowest BCUT2D eigenvalue weighted by atomic mass is 10.1. The molecule has 0 atom stereocenters. The molecule has 3 N–H and O–H groups in total. The zero-order chi connectivity index (χ0) is 27.1. The molecule has 4 rings (SSSR count). The van der Waals surface area contributed by atoms with Crippen molar-refractivity contribution in [2.75, 3.05) is 57.1 Å². The molecule has 1 aromatic heterocycles. The summed E-state index contributed by atoms with van der Waals surface area (Å²) in [5, 5.41) is 18.5. The van der Waals surface area contributed by atoms with Crippen LogP contribution in [0.3, 0.4) is 0 Å². The Kier molecular flexibility index (Phi) is 13.0. The van der Waals surface area contributed by atoms with Gasteiger partial charge in [-0.2, -0.15) is 4.98 Å². The maximum absolute atomic E-state index is 11.6. The van der Waals surface area contributed by atoms with E-state index in [4.69, 9.17) is 10.3 Å². The van der Waals surface area contributed by atoms with Crippen LogP contribution in [0.2, 0.25) is 0 Å². The number of aromatic nitrogens is 2. The van der Waals surface area contributed by atoms with Crippen molar-refractivity contribution in [2.45, 2.75) is 6.92 Å². The molecule has 1 aliphatic heterocycles. The second-order valence-corrected chi connectivity index (χ2v) is 8.01. The van der Waals surface area contributed by atoms with E-state index in [1.54, 1.807) is 24.5 Å². The standard InChI is InChI=1S/C12H20N6O2.C11H10.C2H2O.C2H4/c1-16(2)10-9(11(19)15-20)8-13-12(14-10)18-6-4-17(3)5-7-18;1-9-6-7-10-4-2-3-5-11(10)8-9;1-2-3;1-2/h8,20H,4-7H2,1-3H3,(H,15,19);2-8H,1H3;1,3H;1-2H2. The number of likely N-dealkylation sites (N-methyl/N-ethyl adjacent to an activating group) is 1. The van der Waals surface area contributed by atoms with Gasteiger partial charge in [0.05, 0.1) is 0 Å². The van der Waals surface area contributed by atoms with Crippen molar-refractivity contribution < 1.29 is 15.1 Å². The lowest BCUT2D eigenvalue weighted by Crippen LogP contribution is -2.45. The normalized spacial score (nSPS) is 12.4. The van der Waals surface area contributed by atoms with Crippen LogP contribution in [0.1, 0.15) is 15.9 Å². The van der Waals surface area contributed by atoms with Gasteiger partial charge in [0.2, 0.25) is 5.95 Å². The van der Waals surface area contributed by atoms with Gasteiger partial charge in [0.15, 0.2) is 0 Å². The number of rotatable bonds is 3. The number of hydrogen-bond acceptors (Lipinski definition) is 8. The Morgan fingerprint density at radius 2 is 1.69 bits per heavy atom. The third-order valence-electron chi connectivity index (χ3n) is 5.22. The van der Waals surface area contributed by atoms with Gasteiger partial charge in [0.1, 0.15) is 17.5 Å². The minimum absolute atomic E-state index is 0.246. The van der Waals surface area contributed by atoms with E-state index in [9.17, 15) is 4.79 Å². The second-order valence-electron chi connectivity index (χ2n) is 8.01. The van der Waals surface area contributed by atoms with Gasteiger partial charge in [0.25, 0.3) is 5.91 Å². The summed E-state index contributed by atoms with van der Waals surface area (Å²) in [7, 11) is 5.67. The number of carbonyl (C=O) groups is 1. The van der Waals surface area contributed by atoms with Crippen LogP contribution in [0.5, 0.6) is 0 Å². The van der Waals surface area contributed by atoms with Crippen molar-refractivity contribution >= 4 is 28.4 Å². The smallest absolute Gasteiger partial charge is 0.279 e. The number of hydrogen-bond donors (Lipinski definition) is 3. The maximum atomic E-state index is 11.6. The molecule has 0 aliphatic carbocycles. The number of nitrogens with zero attached hydrogens (tertiary/aromatic N) is 5. The van der Waals surface area contributed by atoms with Crippen LogP contribution in [0, 0.1) is 19.5 Å². The Hall–Kier alpha value is -4.13. The number of aliphatic hydroxyl groups excluding tert-OH is 1. The third kappa shape index (κ3) is 8.91. The van der Waals surface area contributed by atoms with Gasteiger partial charge in [-0.25, -0.2) is 10.5 Å². The number of piperazine rings is 1. The van der Waals surface area contributed by atoms with Crippen molar-refractivity contribution in [3.05, 3.63) is 72.9 Å². The fourth-order valence-electron chi connectivity index (χ4n) is 3.39. The molecule has 1 fully saturated rings. The summed E-state index contributed by atoms with van der Waals surface area (Å²) < 4.78 is 0. The summed E-state index contributed by atoms with van der Waals surface area (Å²) in [4.78, 5) is 26.3. The Labute approximate surface area is 213 Å². The SMILES string of the molecule is C#CO.C=C.CN1CCN(c2ncc(C(=O)NO)c(N(C)C)n2)CC1.Cc1ccc2ccccc2c1. The molecule has 0 unspecified atom stereocenters. The number of benzene rings is 2. The number of nitrogens with one attached hydrogen (secondary N) is 1. The van der Waals surface area contributed by atoms with Gasteiger partial charge in [-0.05, 0) is 24.7 Å². The molecule has 9 nitrogen and oxygen atoms in total. The van der Waals surface area contributed by atoms with E-state index in [1.165, 1.54) is 28.6 Å². The lowest BCUT2D eigenvalue weighted by molar-refractivity contribution is 0.0706. The first-order valence-electron chi connectivity index (χ1n) is 11.3. The van der Waals surface area contributed by atoms with E-state index in [2.05, 4.69) is 95.8 Å². The predicted molar refractivity (Wildman–Crippen MR) is 146 cm³/mol. The van der Waals surface area contributed by atoms with Gasteiger partial charge in [-0.1, -0.05) is 54.5 Å². The number of aryl methyl sites for hydroxylation is 1. The zero-order valence-corrected chi connectivity index (χ0v) is 21.5. The van der Waals surface area contributed by atoms with Crippen LogP contribution < -0.4 is 15.3 Å². The Bertz CT molecular complexity index is 1140. The first kappa shape index (κ1) is 29.9. The predicted octanol–water partition coefficient (Wildman–Crippen LogP) is 3.31. The Morgan fingerprint density at radius 3 is 2.25 bits per heavy atom. The molecule has 9 heteroatoms. The molecule has 0 spiro atoms. The number of anilines is 2. The van der Waals surface area contributed by atoms with Crippen molar-refractivity contribution in [2.24, 2.45) is 0 Å². The fourth-order valence-corrected chi connectivity index (χ4v) is 3.39. The van der Waals surface area contributed by atoms with Gasteiger partial charge < -0.3 is 19.8 Å². The summed E-state index contributed by atoms with van der Waals surface area (Å²) in [6, 6.07) is 14.9. The van der Waals surface area contributed by atoms with Crippen LogP contribution >= 0.6 is 0 Å². The van der Waals surface area contributed by atoms with E-state index >= 15 is 0 Å². The first-order chi connectivity index (χ1) is 17.3. The van der Waals surface area contributed by atoms with E-state index in [0.29, 0.717) is 11.8 Å². The molecule has 192 valence electrons. The van der Waals surface area contributed by atoms with Gasteiger partial charge >= 0.3 is 0 Å². The number of terminal acetylenes is 1. The average molecular weight is 493 g/mol. The molecular weight excluding hydrogens is 456 g/mol. The average Bonchev–Trinajstić information content (AvgIpc) is 2.90. The first-order valence-corrected chi connectivity index (χ1v) is 11.3. The Morgan fingerprint density at radius 1 is 1.11 bits per heavy atom. The number of amides is 1. The summed E-state index contributed by atoms with van der Waals surface area (Å²) in [5.74, 6) is 0.482. The zero-order valence-electron chi connectivity index (χ0n) is 21.5. The number of fused-ring (bicyclic) bond motifs is 1. The monoisotopic (exact) mass is 492 g/mol. The minimum Gasteiger partial charge on any atom is -0.462 e. The Balaban J connectivity index is 0.000000339. The van der Waals surface area contributed by atoms with Crippen LogP contribution in [0.4, 0.5) is 11.8 Å². The van der Waals surface area contributed by atoms with Gasteiger partial charge in [-0.3, -0.25) is 10.0 Å². The van der Waals surface area contributed by atoms with E-state index < -0.39 is 5.91 Å². The van der Waals surface area contributed by atoms with Crippen LogP contribution in [-0.2, 0) is 0 Å². The van der Waals surface area contributed by atoms with Crippen molar-refractivity contribution in [3.8, 4) is 12.5 Å². The minimum atomic E-state index is -0.612. The number of aliphatic hydroxyl groups is 1. The highest BCUT2D eigenvalue weighted by atomic mass is 16.5. The maximum Gasteiger partial charge on any atom is 0.279 e. The second kappa shape index (κ2) is 15.7. The van der Waals surface area contributed by atoms with E-state index in [0.717, 1.165) is 26.2 Å². The molecule has 0 saturated carbocycles. The van der Waals surface area contributed by atoms with E-state index in [-0.39, 0.29) is 5.56 Å². The fraction of sp³-hybridized carbons (Fsp3) is 0.296. The molecule has 2 aromatic carbocycles. The van der Waals surface area contributed by atoms with Crippen LogP contribution in [0.25, 0.3) is 10.8 Å². The quantitative estimate of drug-likeness (QED) is 0.221. The molecule has 0 radical (unpaired) electrons. The number of carbonyl (C=O) groups excluding carboxylic acids is 1. The van der Waals surface area contributed by atoms with Crippen molar-refractivity contribution in [3.63, 3.8) is 0 Å². The highest BCUT2D eigenvalue weighted by Crippen LogP contribution is 2.19. The molecular formula is C27H36N6O3. The van der Waals surface area contributed by atoms with E-state index in [1.807, 2.05) is 0 Å². The van der Waals surface area contributed by atoms with Gasteiger partial charge in [0, 0.05) is 46.5 Å². The van der Waals surface area contributed by atoms with Crippen molar-refractivity contribution in [1.29, 1.82) is 0 Å². The summed E-state index contributed by atoms with van der Waals surface area (Å²) in [6.45, 7) is 11.7. The summed E-state index contributed by atoms with van der Waals surface area (Å²) in [5.41, 5.74) is 3.18. The topological polar surface area (TPSA) is 105 Å². The highest BCUT2D eigenvalue weighted by Gasteiger charge is 2.20. The molecule has 3 aromatic rings. The molecule has 1 aliphatic rings. The van der Waals surface area contributed by atoms with Gasteiger partial charge in [-0.15, -0.1) is 13.2 Å². The summed E-state index contributed by atoms with van der Waals surface area (Å²) in [6.07, 6.45) is 6.85. The summed E-state index contributed by atoms with van der Waals surface area (Å²) >= 11 is 0. The molecule has 0 bridgehead atoms. The number of hydroxylamine groups is 1. The van der Waals surface area contributed by atoms with Crippen molar-refractivity contribution in [1.82, 2.24) is 20.3 Å². The molecule has 2 heterocycles.